The molecule has 0 saturated carbocycles. The first-order valence-electron chi connectivity index (χ1n) is 10.1. The highest BCUT2D eigenvalue weighted by Gasteiger charge is 2.11. The highest BCUT2D eigenvalue weighted by molar-refractivity contribution is 5.82. The standard InChI is InChI=1S/C23H25FN2O3/c24-18-5-3-17(4-6-18)21-16-29-22-15-19(7-8-20(22)23(21)27)28-14-2-1-11-26-12-9-25-10-13-26/h3-8,15-16,25H,1-2,9-14H2. The number of nitrogens with zero attached hydrogens (tertiary/aromatic N) is 1. The van der Waals surface area contributed by atoms with Crippen molar-refractivity contribution in [2.75, 3.05) is 39.3 Å². The third-order valence-electron chi connectivity index (χ3n) is 5.25. The monoisotopic (exact) mass is 396 g/mol. The summed E-state index contributed by atoms with van der Waals surface area (Å²) in [6, 6.07) is 11.1. The predicted molar refractivity (Wildman–Crippen MR) is 112 cm³/mol. The average molecular weight is 396 g/mol. The van der Waals surface area contributed by atoms with Crippen molar-refractivity contribution in [2.45, 2.75) is 12.8 Å². The van der Waals surface area contributed by atoms with Crippen LogP contribution in [0.1, 0.15) is 12.8 Å². The van der Waals surface area contributed by atoms with Crippen LogP contribution in [0, 0.1) is 5.82 Å². The number of nitrogens with one attached hydrogen (secondary N) is 1. The lowest BCUT2D eigenvalue weighted by Crippen LogP contribution is -2.43. The van der Waals surface area contributed by atoms with Crippen molar-refractivity contribution in [3.05, 3.63) is 64.8 Å². The molecule has 1 aromatic heterocycles. The Balaban J connectivity index is 1.37. The van der Waals surface area contributed by atoms with Crippen LogP contribution in [0.4, 0.5) is 4.39 Å². The highest BCUT2D eigenvalue weighted by atomic mass is 19.1. The van der Waals surface area contributed by atoms with Gasteiger partial charge in [-0.3, -0.25) is 4.79 Å². The lowest BCUT2D eigenvalue weighted by atomic mass is 10.1. The molecule has 3 aromatic rings. The molecule has 1 aliphatic rings. The fourth-order valence-electron chi connectivity index (χ4n) is 3.59. The van der Waals surface area contributed by atoms with Crippen LogP contribution in [0.15, 0.2) is 57.9 Å². The van der Waals surface area contributed by atoms with Crippen LogP contribution in [0.3, 0.4) is 0 Å². The fraction of sp³-hybridized carbons (Fsp3) is 0.348. The van der Waals surface area contributed by atoms with Gasteiger partial charge in [0.05, 0.1) is 17.6 Å². The van der Waals surface area contributed by atoms with E-state index in [1.807, 2.05) is 0 Å². The van der Waals surface area contributed by atoms with Crippen LogP contribution in [0.2, 0.25) is 0 Å². The molecule has 2 aromatic carbocycles. The maximum atomic E-state index is 13.1. The number of ether oxygens (including phenoxy) is 1. The molecular formula is C23H25FN2O3. The molecule has 0 spiro atoms. The van der Waals surface area contributed by atoms with Gasteiger partial charge in [-0.15, -0.1) is 0 Å². The minimum atomic E-state index is -0.339. The molecule has 0 unspecified atom stereocenters. The van der Waals surface area contributed by atoms with Crippen LogP contribution in [0.25, 0.3) is 22.1 Å². The van der Waals surface area contributed by atoms with Gasteiger partial charge in [-0.25, -0.2) is 4.39 Å². The van der Waals surface area contributed by atoms with Crippen molar-refractivity contribution in [1.29, 1.82) is 0 Å². The fourth-order valence-corrected chi connectivity index (χ4v) is 3.59. The zero-order valence-electron chi connectivity index (χ0n) is 16.3. The molecule has 0 radical (unpaired) electrons. The van der Waals surface area contributed by atoms with Gasteiger partial charge in [-0.05, 0) is 49.2 Å². The molecule has 0 bridgehead atoms. The van der Waals surface area contributed by atoms with Gasteiger partial charge in [0.1, 0.15) is 23.4 Å². The number of rotatable bonds is 7. The largest absolute Gasteiger partial charge is 0.493 e. The Kier molecular flexibility index (Phi) is 6.22. The molecule has 2 heterocycles. The van der Waals surface area contributed by atoms with Gasteiger partial charge in [-0.1, -0.05) is 12.1 Å². The SMILES string of the molecule is O=c1c(-c2ccc(F)cc2)coc2cc(OCCCCN3CCNCC3)ccc12. The molecular weight excluding hydrogens is 371 g/mol. The second-order valence-electron chi connectivity index (χ2n) is 7.29. The third-order valence-corrected chi connectivity index (χ3v) is 5.25. The molecule has 29 heavy (non-hydrogen) atoms. The molecule has 1 fully saturated rings. The lowest BCUT2D eigenvalue weighted by molar-refractivity contribution is 0.226. The lowest BCUT2D eigenvalue weighted by Gasteiger charge is -2.26. The Labute approximate surface area is 169 Å². The van der Waals surface area contributed by atoms with Crippen molar-refractivity contribution < 1.29 is 13.5 Å². The normalized spacial score (nSPS) is 14.9. The zero-order valence-corrected chi connectivity index (χ0v) is 16.3. The maximum Gasteiger partial charge on any atom is 0.200 e. The molecule has 1 saturated heterocycles. The number of unbranched alkanes of at least 4 members (excludes halogenated alkanes) is 1. The zero-order chi connectivity index (χ0) is 20.1. The summed E-state index contributed by atoms with van der Waals surface area (Å²) in [5.41, 5.74) is 1.39. The molecule has 5 nitrogen and oxygen atoms in total. The number of fused-ring (bicyclic) bond motifs is 1. The molecule has 0 amide bonds. The van der Waals surface area contributed by atoms with Crippen LogP contribution >= 0.6 is 0 Å². The van der Waals surface area contributed by atoms with Crippen LogP contribution < -0.4 is 15.5 Å². The summed E-state index contributed by atoms with van der Waals surface area (Å²) in [5, 5.41) is 3.84. The Morgan fingerprint density at radius 3 is 2.66 bits per heavy atom. The summed E-state index contributed by atoms with van der Waals surface area (Å²) in [6.07, 6.45) is 3.51. The van der Waals surface area contributed by atoms with Crippen LogP contribution in [-0.4, -0.2) is 44.2 Å². The Hall–Kier alpha value is -2.70. The summed E-state index contributed by atoms with van der Waals surface area (Å²) in [4.78, 5) is 15.2. The van der Waals surface area contributed by atoms with E-state index in [1.54, 1.807) is 30.3 Å². The van der Waals surface area contributed by atoms with Gasteiger partial charge >= 0.3 is 0 Å². The summed E-state index contributed by atoms with van der Waals surface area (Å²) in [6.45, 7) is 6.11. The van der Waals surface area contributed by atoms with Crippen molar-refractivity contribution in [1.82, 2.24) is 10.2 Å². The second kappa shape index (κ2) is 9.20. The molecule has 1 N–H and O–H groups in total. The van der Waals surface area contributed by atoms with E-state index in [0.717, 1.165) is 45.6 Å². The summed E-state index contributed by atoms with van der Waals surface area (Å²) >= 11 is 0. The first-order chi connectivity index (χ1) is 14.2. The van der Waals surface area contributed by atoms with E-state index in [9.17, 15) is 9.18 Å². The van der Waals surface area contributed by atoms with Gasteiger partial charge in [0.15, 0.2) is 5.43 Å². The third kappa shape index (κ3) is 4.83. The summed E-state index contributed by atoms with van der Waals surface area (Å²) in [7, 11) is 0. The number of halogens is 1. The Morgan fingerprint density at radius 2 is 1.86 bits per heavy atom. The van der Waals surface area contributed by atoms with E-state index in [1.165, 1.54) is 18.4 Å². The van der Waals surface area contributed by atoms with E-state index in [2.05, 4.69) is 10.2 Å². The second-order valence-corrected chi connectivity index (χ2v) is 7.29. The van der Waals surface area contributed by atoms with Crippen LogP contribution in [-0.2, 0) is 0 Å². The van der Waals surface area contributed by atoms with E-state index < -0.39 is 0 Å². The molecule has 152 valence electrons. The topological polar surface area (TPSA) is 54.7 Å². The quantitative estimate of drug-likeness (QED) is 0.618. The maximum absolute atomic E-state index is 13.1. The Bertz CT molecular complexity index is 1010. The number of hydrogen-bond acceptors (Lipinski definition) is 5. The van der Waals surface area contributed by atoms with E-state index in [0.29, 0.717) is 34.5 Å². The van der Waals surface area contributed by atoms with E-state index in [4.69, 9.17) is 9.15 Å². The van der Waals surface area contributed by atoms with Crippen molar-refractivity contribution in [3.63, 3.8) is 0 Å². The molecule has 4 rings (SSSR count). The van der Waals surface area contributed by atoms with Crippen molar-refractivity contribution >= 4 is 11.0 Å². The minimum Gasteiger partial charge on any atom is -0.493 e. The van der Waals surface area contributed by atoms with Gasteiger partial charge in [-0.2, -0.15) is 0 Å². The summed E-state index contributed by atoms with van der Waals surface area (Å²) in [5.74, 6) is 0.353. The average Bonchev–Trinajstić information content (AvgIpc) is 2.75. The van der Waals surface area contributed by atoms with E-state index >= 15 is 0 Å². The van der Waals surface area contributed by atoms with E-state index in [-0.39, 0.29) is 11.2 Å². The van der Waals surface area contributed by atoms with Crippen molar-refractivity contribution in [2.24, 2.45) is 0 Å². The number of benzene rings is 2. The first kappa shape index (κ1) is 19.6. The van der Waals surface area contributed by atoms with Gasteiger partial charge in [0.25, 0.3) is 0 Å². The van der Waals surface area contributed by atoms with Crippen molar-refractivity contribution in [3.8, 4) is 16.9 Å². The minimum absolute atomic E-state index is 0.138. The molecule has 1 aliphatic heterocycles. The number of hydrogen-bond donors (Lipinski definition) is 1. The first-order valence-corrected chi connectivity index (χ1v) is 10.1. The van der Waals surface area contributed by atoms with Gasteiger partial charge in [0, 0.05) is 32.2 Å². The molecule has 0 aliphatic carbocycles. The van der Waals surface area contributed by atoms with Gasteiger partial charge in [0.2, 0.25) is 0 Å². The Morgan fingerprint density at radius 1 is 1.07 bits per heavy atom. The number of piperazine rings is 1. The summed E-state index contributed by atoms with van der Waals surface area (Å²) < 4.78 is 24.6. The van der Waals surface area contributed by atoms with Gasteiger partial charge < -0.3 is 19.4 Å². The van der Waals surface area contributed by atoms with Crippen LogP contribution in [0.5, 0.6) is 5.75 Å². The molecule has 0 atom stereocenters. The smallest absolute Gasteiger partial charge is 0.200 e. The molecule has 6 heteroatoms. The predicted octanol–water partition coefficient (Wildman–Crippen LogP) is 3.66. The highest BCUT2D eigenvalue weighted by Crippen LogP contribution is 2.23.